The highest BCUT2D eigenvalue weighted by Crippen LogP contribution is 2.02. The van der Waals surface area contributed by atoms with Crippen LogP contribution in [0.15, 0.2) is 16.3 Å². The van der Waals surface area contributed by atoms with Gasteiger partial charge in [-0.1, -0.05) is 11.6 Å². The Balaban J connectivity index is 2.72. The summed E-state index contributed by atoms with van der Waals surface area (Å²) in [5, 5.41) is 5.03. The van der Waals surface area contributed by atoms with E-state index < -0.39 is 0 Å². The minimum Gasteiger partial charge on any atom is -0.480 e. The molecule has 0 fully saturated rings. The summed E-state index contributed by atoms with van der Waals surface area (Å²) in [4.78, 5) is 0. The van der Waals surface area contributed by atoms with E-state index in [9.17, 15) is 0 Å². The Bertz CT molecular complexity index is 190. The van der Waals surface area contributed by atoms with Crippen LogP contribution in [0.2, 0.25) is 0 Å². The maximum absolute atomic E-state index is 5.55. The zero-order valence-electron chi connectivity index (χ0n) is 5.34. The standard InChI is InChI=1S/C4H7ClN4O/c1-10-4-2-3(5)7-9(6)8-4/h2,7H,6H2,1H3. The number of hydrazine groups is 2. The van der Waals surface area contributed by atoms with Gasteiger partial charge in [-0.25, -0.2) is 5.84 Å². The van der Waals surface area contributed by atoms with Crippen molar-refractivity contribution in [3.8, 4) is 0 Å². The van der Waals surface area contributed by atoms with E-state index in [1.807, 2.05) is 0 Å². The Morgan fingerprint density at radius 1 is 1.90 bits per heavy atom. The van der Waals surface area contributed by atoms with Gasteiger partial charge < -0.3 is 4.74 Å². The fourth-order valence-electron chi connectivity index (χ4n) is 0.510. The second kappa shape index (κ2) is 2.76. The number of rotatable bonds is 0. The molecule has 0 bridgehead atoms. The highest BCUT2D eigenvalue weighted by atomic mass is 35.5. The van der Waals surface area contributed by atoms with Crippen molar-refractivity contribution in [2.75, 3.05) is 7.11 Å². The summed E-state index contributed by atoms with van der Waals surface area (Å²) < 4.78 is 4.76. The summed E-state index contributed by atoms with van der Waals surface area (Å²) in [5.41, 5.74) is 2.51. The van der Waals surface area contributed by atoms with Crippen molar-refractivity contribution < 1.29 is 4.74 Å². The van der Waals surface area contributed by atoms with Gasteiger partial charge in [0.25, 0.3) is 0 Å². The molecule has 1 heterocycles. The summed E-state index contributed by atoms with van der Waals surface area (Å²) in [7, 11) is 1.48. The SMILES string of the molecule is COC1=NN(N)NC(Cl)=C1. The van der Waals surface area contributed by atoms with E-state index in [4.69, 9.17) is 22.2 Å². The van der Waals surface area contributed by atoms with Crippen LogP contribution in [0.1, 0.15) is 0 Å². The molecule has 3 N–H and O–H groups in total. The first-order valence-corrected chi connectivity index (χ1v) is 2.91. The van der Waals surface area contributed by atoms with E-state index in [0.717, 1.165) is 5.23 Å². The molecule has 0 saturated heterocycles. The van der Waals surface area contributed by atoms with Gasteiger partial charge in [0.1, 0.15) is 5.16 Å². The van der Waals surface area contributed by atoms with E-state index in [1.54, 1.807) is 0 Å². The average Bonchev–Trinajstić information content (AvgIpc) is 1.85. The maximum Gasteiger partial charge on any atom is 0.237 e. The number of nitrogens with zero attached hydrogens (tertiary/aromatic N) is 2. The van der Waals surface area contributed by atoms with Crippen LogP contribution in [0, 0.1) is 0 Å². The summed E-state index contributed by atoms with van der Waals surface area (Å²) in [6, 6.07) is 0. The van der Waals surface area contributed by atoms with E-state index in [2.05, 4.69) is 10.5 Å². The number of nitrogens with one attached hydrogen (secondary N) is 1. The third-order valence-electron chi connectivity index (χ3n) is 0.887. The van der Waals surface area contributed by atoms with Gasteiger partial charge in [0.15, 0.2) is 0 Å². The van der Waals surface area contributed by atoms with Crippen LogP contribution >= 0.6 is 11.6 Å². The number of hydrazone groups is 1. The van der Waals surface area contributed by atoms with Gasteiger partial charge in [0, 0.05) is 6.08 Å². The van der Waals surface area contributed by atoms with Crippen molar-refractivity contribution in [1.82, 2.24) is 10.7 Å². The first-order chi connectivity index (χ1) is 4.72. The highest BCUT2D eigenvalue weighted by molar-refractivity contribution is 6.30. The molecule has 56 valence electrons. The molecular weight excluding hydrogens is 156 g/mol. The van der Waals surface area contributed by atoms with Crippen molar-refractivity contribution in [2.24, 2.45) is 10.9 Å². The molecule has 0 unspecified atom stereocenters. The first-order valence-electron chi connectivity index (χ1n) is 2.53. The van der Waals surface area contributed by atoms with Gasteiger partial charge in [-0.15, -0.1) is 10.3 Å². The predicted octanol–water partition coefficient (Wildman–Crippen LogP) is -0.280. The Hall–Kier alpha value is -0.940. The van der Waals surface area contributed by atoms with Crippen molar-refractivity contribution in [1.29, 1.82) is 0 Å². The lowest BCUT2D eigenvalue weighted by molar-refractivity contribution is 0.218. The first kappa shape index (κ1) is 7.17. The van der Waals surface area contributed by atoms with Gasteiger partial charge in [-0.3, -0.25) is 5.43 Å². The Morgan fingerprint density at radius 3 is 3.10 bits per heavy atom. The normalized spacial score (nSPS) is 17.3. The summed E-state index contributed by atoms with van der Waals surface area (Å²) in [5.74, 6) is 5.59. The zero-order valence-corrected chi connectivity index (χ0v) is 6.09. The minimum atomic E-state index is 0.367. The molecule has 1 aliphatic heterocycles. The Kier molecular flexibility index (Phi) is 1.98. The number of hydrogen-bond acceptors (Lipinski definition) is 5. The quantitative estimate of drug-likeness (QED) is 0.380. The topological polar surface area (TPSA) is 62.9 Å². The predicted molar refractivity (Wildman–Crippen MR) is 37.5 cm³/mol. The molecule has 1 rings (SSSR count). The molecule has 6 heteroatoms. The van der Waals surface area contributed by atoms with Crippen LogP contribution in [0.25, 0.3) is 0 Å². The lowest BCUT2D eigenvalue weighted by atomic mass is 10.6. The van der Waals surface area contributed by atoms with Crippen LogP contribution in [-0.4, -0.2) is 18.2 Å². The fraction of sp³-hybridized carbons (Fsp3) is 0.250. The third kappa shape index (κ3) is 1.52. The number of hydrogen-bond donors (Lipinski definition) is 2. The number of halogens is 1. The van der Waals surface area contributed by atoms with E-state index in [1.165, 1.54) is 13.2 Å². The van der Waals surface area contributed by atoms with Gasteiger partial charge in [-0.05, 0) is 0 Å². The van der Waals surface area contributed by atoms with Gasteiger partial charge >= 0.3 is 0 Å². The van der Waals surface area contributed by atoms with Crippen molar-refractivity contribution in [3.05, 3.63) is 11.2 Å². The van der Waals surface area contributed by atoms with Crippen molar-refractivity contribution in [2.45, 2.75) is 0 Å². The van der Waals surface area contributed by atoms with E-state index in [-0.39, 0.29) is 0 Å². The summed E-state index contributed by atoms with van der Waals surface area (Å²) in [6.45, 7) is 0. The lowest BCUT2D eigenvalue weighted by Gasteiger charge is -2.18. The molecule has 0 aliphatic carbocycles. The van der Waals surface area contributed by atoms with Gasteiger partial charge in [0.05, 0.1) is 7.11 Å². The molecule has 10 heavy (non-hydrogen) atoms. The molecule has 0 aromatic carbocycles. The fourth-order valence-corrected chi connectivity index (χ4v) is 0.690. The molecule has 0 aromatic heterocycles. The summed E-state index contributed by atoms with van der Waals surface area (Å²) >= 11 is 5.55. The molecule has 0 aromatic rings. The van der Waals surface area contributed by atoms with Crippen LogP contribution in [0.4, 0.5) is 0 Å². The largest absolute Gasteiger partial charge is 0.480 e. The summed E-state index contributed by atoms with van der Waals surface area (Å²) in [6.07, 6.45) is 1.52. The third-order valence-corrected chi connectivity index (χ3v) is 1.08. The lowest BCUT2D eigenvalue weighted by Crippen LogP contribution is -2.41. The molecule has 5 nitrogen and oxygen atoms in total. The Labute approximate surface area is 63.0 Å². The van der Waals surface area contributed by atoms with Crippen LogP contribution in [0.5, 0.6) is 0 Å². The molecule has 0 spiro atoms. The Morgan fingerprint density at radius 2 is 2.60 bits per heavy atom. The maximum atomic E-state index is 5.55. The van der Waals surface area contributed by atoms with Crippen molar-refractivity contribution >= 4 is 17.5 Å². The monoisotopic (exact) mass is 162 g/mol. The molecule has 0 saturated carbocycles. The van der Waals surface area contributed by atoms with E-state index in [0.29, 0.717) is 11.1 Å². The van der Waals surface area contributed by atoms with Crippen LogP contribution in [0.3, 0.4) is 0 Å². The van der Waals surface area contributed by atoms with E-state index >= 15 is 0 Å². The highest BCUT2D eigenvalue weighted by Gasteiger charge is 2.06. The molecule has 1 aliphatic rings. The molecule has 0 radical (unpaired) electrons. The molecular formula is C4H7ClN4O. The van der Waals surface area contributed by atoms with Crippen molar-refractivity contribution in [3.63, 3.8) is 0 Å². The average molecular weight is 163 g/mol. The number of nitrogens with two attached hydrogens (primary N) is 1. The number of ether oxygens (including phenoxy) is 1. The second-order valence-corrected chi connectivity index (χ2v) is 2.00. The van der Waals surface area contributed by atoms with Gasteiger partial charge in [-0.2, -0.15) is 0 Å². The molecule has 0 atom stereocenters. The van der Waals surface area contributed by atoms with Crippen LogP contribution < -0.4 is 11.3 Å². The van der Waals surface area contributed by atoms with Crippen LogP contribution in [-0.2, 0) is 4.74 Å². The second-order valence-electron chi connectivity index (χ2n) is 1.59. The molecule has 0 amide bonds. The number of methoxy groups -OCH3 is 1. The smallest absolute Gasteiger partial charge is 0.237 e. The zero-order chi connectivity index (χ0) is 7.56. The minimum absolute atomic E-state index is 0.367. The van der Waals surface area contributed by atoms with Gasteiger partial charge in [0.2, 0.25) is 5.90 Å².